The number of ether oxygens (including phenoxy) is 1. The summed E-state index contributed by atoms with van der Waals surface area (Å²) in [5.41, 5.74) is 9.92. The molecule has 0 fully saturated rings. The summed E-state index contributed by atoms with van der Waals surface area (Å²) < 4.78 is 6.08. The van der Waals surface area contributed by atoms with Crippen molar-refractivity contribution in [1.82, 2.24) is 0 Å². The SMILES string of the molecule is Cc1cc(OC2CCc3ccccc3C2N)ccc1Cl. The summed E-state index contributed by atoms with van der Waals surface area (Å²) in [7, 11) is 0. The second-order valence-corrected chi connectivity index (χ2v) is 5.74. The number of hydrogen-bond acceptors (Lipinski definition) is 2. The van der Waals surface area contributed by atoms with E-state index in [0.717, 1.165) is 29.2 Å². The third-order valence-electron chi connectivity index (χ3n) is 3.93. The Hall–Kier alpha value is -1.51. The lowest BCUT2D eigenvalue weighted by Crippen LogP contribution is -2.35. The average molecular weight is 288 g/mol. The van der Waals surface area contributed by atoms with Crippen molar-refractivity contribution in [2.45, 2.75) is 31.9 Å². The molecule has 104 valence electrons. The van der Waals surface area contributed by atoms with Crippen LogP contribution < -0.4 is 10.5 Å². The minimum Gasteiger partial charge on any atom is -0.488 e. The lowest BCUT2D eigenvalue weighted by Gasteiger charge is -2.31. The number of benzene rings is 2. The maximum absolute atomic E-state index is 6.36. The second kappa shape index (κ2) is 5.47. The highest BCUT2D eigenvalue weighted by Gasteiger charge is 2.27. The van der Waals surface area contributed by atoms with E-state index in [4.69, 9.17) is 22.1 Å². The molecule has 2 atom stereocenters. The van der Waals surface area contributed by atoms with Crippen molar-refractivity contribution < 1.29 is 4.74 Å². The van der Waals surface area contributed by atoms with Crippen molar-refractivity contribution in [3.8, 4) is 5.75 Å². The number of aryl methyl sites for hydroxylation is 2. The number of fused-ring (bicyclic) bond motifs is 1. The maximum atomic E-state index is 6.36. The first-order valence-corrected chi connectivity index (χ1v) is 7.29. The number of halogens is 1. The van der Waals surface area contributed by atoms with Gasteiger partial charge in [-0.25, -0.2) is 0 Å². The quantitative estimate of drug-likeness (QED) is 0.905. The van der Waals surface area contributed by atoms with Gasteiger partial charge in [-0.3, -0.25) is 0 Å². The van der Waals surface area contributed by atoms with E-state index in [0.29, 0.717) is 0 Å². The predicted octanol–water partition coefficient (Wildman–Crippen LogP) is 4.04. The zero-order valence-corrected chi connectivity index (χ0v) is 12.2. The molecule has 2 N–H and O–H groups in total. The van der Waals surface area contributed by atoms with Gasteiger partial charge >= 0.3 is 0 Å². The van der Waals surface area contributed by atoms with E-state index in [1.165, 1.54) is 11.1 Å². The van der Waals surface area contributed by atoms with E-state index in [2.05, 4.69) is 18.2 Å². The highest BCUT2D eigenvalue weighted by atomic mass is 35.5. The number of hydrogen-bond donors (Lipinski definition) is 1. The molecule has 0 aromatic heterocycles. The summed E-state index contributed by atoms with van der Waals surface area (Å²) in [5, 5.41) is 0.760. The van der Waals surface area contributed by atoms with Crippen LogP contribution >= 0.6 is 11.6 Å². The van der Waals surface area contributed by atoms with Gasteiger partial charge in [-0.15, -0.1) is 0 Å². The molecule has 0 radical (unpaired) electrons. The van der Waals surface area contributed by atoms with Gasteiger partial charge in [0.15, 0.2) is 0 Å². The van der Waals surface area contributed by atoms with E-state index in [1.54, 1.807) is 0 Å². The molecule has 2 nitrogen and oxygen atoms in total. The van der Waals surface area contributed by atoms with Crippen molar-refractivity contribution in [1.29, 1.82) is 0 Å². The van der Waals surface area contributed by atoms with Crippen molar-refractivity contribution >= 4 is 11.6 Å². The predicted molar refractivity (Wildman–Crippen MR) is 82.3 cm³/mol. The van der Waals surface area contributed by atoms with Crippen molar-refractivity contribution in [2.75, 3.05) is 0 Å². The summed E-state index contributed by atoms with van der Waals surface area (Å²) >= 11 is 6.04. The summed E-state index contributed by atoms with van der Waals surface area (Å²) in [6.07, 6.45) is 1.98. The fourth-order valence-electron chi connectivity index (χ4n) is 2.76. The Morgan fingerprint density at radius 3 is 2.80 bits per heavy atom. The van der Waals surface area contributed by atoms with Gasteiger partial charge in [0.25, 0.3) is 0 Å². The van der Waals surface area contributed by atoms with E-state index < -0.39 is 0 Å². The van der Waals surface area contributed by atoms with Crippen molar-refractivity contribution in [3.05, 3.63) is 64.2 Å². The van der Waals surface area contributed by atoms with Crippen molar-refractivity contribution in [3.63, 3.8) is 0 Å². The highest BCUT2D eigenvalue weighted by Crippen LogP contribution is 2.32. The van der Waals surface area contributed by atoms with Gasteiger partial charge in [0.05, 0.1) is 6.04 Å². The van der Waals surface area contributed by atoms with Gasteiger partial charge in [-0.2, -0.15) is 0 Å². The Labute approximate surface area is 124 Å². The first-order chi connectivity index (χ1) is 9.65. The van der Waals surface area contributed by atoms with Crippen LogP contribution in [0.5, 0.6) is 5.75 Å². The van der Waals surface area contributed by atoms with Gasteiger partial charge in [-0.05, 0) is 54.7 Å². The molecule has 3 rings (SSSR count). The van der Waals surface area contributed by atoms with Crippen LogP contribution in [0.25, 0.3) is 0 Å². The Morgan fingerprint density at radius 2 is 2.00 bits per heavy atom. The molecule has 0 saturated heterocycles. The van der Waals surface area contributed by atoms with Gasteiger partial charge < -0.3 is 10.5 Å². The first kappa shape index (κ1) is 13.5. The van der Waals surface area contributed by atoms with Crippen LogP contribution in [-0.2, 0) is 6.42 Å². The molecule has 0 heterocycles. The largest absolute Gasteiger partial charge is 0.488 e. The molecule has 0 amide bonds. The van der Waals surface area contributed by atoms with Crippen molar-refractivity contribution in [2.24, 2.45) is 5.73 Å². The Morgan fingerprint density at radius 1 is 1.20 bits per heavy atom. The lowest BCUT2D eigenvalue weighted by atomic mass is 9.86. The first-order valence-electron chi connectivity index (χ1n) is 6.91. The van der Waals surface area contributed by atoms with Crippen LogP contribution in [0, 0.1) is 6.92 Å². The Balaban J connectivity index is 1.81. The summed E-state index contributed by atoms with van der Waals surface area (Å²) in [6.45, 7) is 1.98. The molecule has 1 aliphatic rings. The molecule has 0 saturated carbocycles. The third-order valence-corrected chi connectivity index (χ3v) is 4.35. The monoisotopic (exact) mass is 287 g/mol. The molecule has 3 heteroatoms. The molecular weight excluding hydrogens is 270 g/mol. The van der Waals surface area contributed by atoms with Crippen LogP contribution in [0.15, 0.2) is 42.5 Å². The fraction of sp³-hybridized carbons (Fsp3) is 0.294. The fourth-order valence-corrected chi connectivity index (χ4v) is 2.88. The van der Waals surface area contributed by atoms with Gasteiger partial charge in [-0.1, -0.05) is 35.9 Å². The maximum Gasteiger partial charge on any atom is 0.120 e. The van der Waals surface area contributed by atoms with Gasteiger partial charge in [0, 0.05) is 5.02 Å². The van der Waals surface area contributed by atoms with Crippen LogP contribution in [0.3, 0.4) is 0 Å². The minimum absolute atomic E-state index is 0.0190. The van der Waals surface area contributed by atoms with Crippen LogP contribution in [0.2, 0.25) is 5.02 Å². The van der Waals surface area contributed by atoms with E-state index >= 15 is 0 Å². The van der Waals surface area contributed by atoms with Gasteiger partial charge in [0.2, 0.25) is 0 Å². The standard InChI is InChI=1S/C17H18ClNO/c1-11-10-13(7-8-15(11)18)20-16-9-6-12-4-2-3-5-14(12)17(16)19/h2-5,7-8,10,16-17H,6,9,19H2,1H3. The summed E-state index contributed by atoms with van der Waals surface area (Å²) in [4.78, 5) is 0. The zero-order chi connectivity index (χ0) is 14.1. The van der Waals surface area contributed by atoms with E-state index in [9.17, 15) is 0 Å². The van der Waals surface area contributed by atoms with Crippen LogP contribution in [-0.4, -0.2) is 6.10 Å². The highest BCUT2D eigenvalue weighted by molar-refractivity contribution is 6.31. The van der Waals surface area contributed by atoms with Gasteiger partial charge in [0.1, 0.15) is 11.9 Å². The normalized spacial score (nSPS) is 21.4. The molecule has 2 aromatic carbocycles. The number of nitrogens with two attached hydrogens (primary N) is 1. The molecule has 0 bridgehead atoms. The summed E-state index contributed by atoms with van der Waals surface area (Å²) in [6, 6.07) is 14.0. The Bertz CT molecular complexity index is 626. The van der Waals surface area contributed by atoms with Crippen LogP contribution in [0.1, 0.15) is 29.2 Å². The molecule has 2 aromatic rings. The molecule has 2 unspecified atom stereocenters. The summed E-state index contributed by atoms with van der Waals surface area (Å²) in [5.74, 6) is 0.840. The smallest absolute Gasteiger partial charge is 0.120 e. The molecule has 0 aliphatic heterocycles. The van der Waals surface area contributed by atoms with E-state index in [-0.39, 0.29) is 12.1 Å². The van der Waals surface area contributed by atoms with Crippen LogP contribution in [0.4, 0.5) is 0 Å². The second-order valence-electron chi connectivity index (χ2n) is 5.33. The zero-order valence-electron chi connectivity index (χ0n) is 11.5. The Kier molecular flexibility index (Phi) is 3.68. The lowest BCUT2D eigenvalue weighted by molar-refractivity contribution is 0.153. The molecular formula is C17H18ClNO. The topological polar surface area (TPSA) is 35.2 Å². The molecule has 1 aliphatic carbocycles. The third kappa shape index (κ3) is 2.54. The minimum atomic E-state index is -0.0732. The number of rotatable bonds is 2. The molecule has 20 heavy (non-hydrogen) atoms. The van der Waals surface area contributed by atoms with E-state index in [1.807, 2.05) is 31.2 Å². The average Bonchev–Trinajstić information content (AvgIpc) is 2.46. The molecule has 0 spiro atoms.